The first kappa shape index (κ1) is 13.6. The van der Waals surface area contributed by atoms with Gasteiger partial charge in [0.1, 0.15) is 7.79 Å². The van der Waals surface area contributed by atoms with E-state index in [1.54, 1.807) is 23.4 Å². The second kappa shape index (κ2) is 4.40. The molecule has 0 aromatic rings. The summed E-state index contributed by atoms with van der Waals surface area (Å²) in [5.74, 6) is 0. The molecule has 1 N–H and O–H groups in total. The number of fused-ring (bicyclic) bond motifs is 1. The van der Waals surface area contributed by atoms with Crippen LogP contribution in [-0.4, -0.2) is 54.0 Å². The highest BCUT2D eigenvalue weighted by molar-refractivity contribution is 7.95. The van der Waals surface area contributed by atoms with Gasteiger partial charge in [-0.1, -0.05) is 12.8 Å². The summed E-state index contributed by atoms with van der Waals surface area (Å²) in [4.78, 5) is 12.8. The lowest BCUT2D eigenvalue weighted by atomic mass is 9.91. The van der Waals surface area contributed by atoms with E-state index in [2.05, 4.69) is 0 Å². The minimum atomic E-state index is -4.22. The van der Waals surface area contributed by atoms with Gasteiger partial charge in [-0.2, -0.15) is 17.8 Å². The van der Waals surface area contributed by atoms with Crippen molar-refractivity contribution in [2.75, 3.05) is 19.6 Å². The van der Waals surface area contributed by atoms with E-state index in [4.69, 9.17) is 4.55 Å². The van der Waals surface area contributed by atoms with Gasteiger partial charge in [0.15, 0.2) is 0 Å². The molecule has 1 heterocycles. The molecule has 1 aliphatic heterocycles. The van der Waals surface area contributed by atoms with E-state index in [1.807, 2.05) is 0 Å². The summed E-state index contributed by atoms with van der Waals surface area (Å²) in [5.41, 5.74) is -0.667. The van der Waals surface area contributed by atoms with Crippen molar-refractivity contribution in [3.8, 4) is 0 Å². The van der Waals surface area contributed by atoms with Crippen LogP contribution in [0, 0.1) is 0 Å². The number of nitrogens with zero attached hydrogens (tertiary/aromatic N) is 2. The molecule has 6 nitrogen and oxygen atoms in total. The van der Waals surface area contributed by atoms with E-state index >= 15 is 0 Å². The molecule has 0 bridgehead atoms. The topological polar surface area (TPSA) is 83.9 Å². The third kappa shape index (κ3) is 2.37. The van der Waals surface area contributed by atoms with Gasteiger partial charge in [-0.15, -0.1) is 0 Å². The quantitative estimate of drug-likeness (QED) is 0.573. The van der Waals surface area contributed by atoms with Crippen LogP contribution in [0.2, 0.25) is 0 Å². The summed E-state index contributed by atoms with van der Waals surface area (Å²) in [6, 6.07) is 0.308. The zero-order valence-electron chi connectivity index (χ0n) is 10.1. The zero-order chi connectivity index (χ0) is 12.8. The molecule has 8 heteroatoms. The Kier molecular flexibility index (Phi) is 3.53. The van der Waals surface area contributed by atoms with Gasteiger partial charge in [0.2, 0.25) is 5.49 Å². The van der Waals surface area contributed by atoms with Crippen LogP contribution in [0.3, 0.4) is 0 Å². The van der Waals surface area contributed by atoms with Gasteiger partial charge in [0.05, 0.1) is 12.1 Å². The van der Waals surface area contributed by atoms with E-state index < -0.39 is 23.4 Å². The normalized spacial score (nSPS) is 34.8. The van der Waals surface area contributed by atoms with Crippen molar-refractivity contribution in [1.29, 1.82) is 0 Å². The van der Waals surface area contributed by atoms with E-state index in [0.717, 1.165) is 25.7 Å². The first-order valence-corrected chi connectivity index (χ1v) is 9.17. The summed E-state index contributed by atoms with van der Waals surface area (Å²) in [5, 5.41) is 0. The predicted molar refractivity (Wildman–Crippen MR) is 64.9 cm³/mol. The Balaban J connectivity index is 2.28. The maximum absolute atomic E-state index is 12.8. The van der Waals surface area contributed by atoms with Gasteiger partial charge in [-0.05, 0) is 12.8 Å². The van der Waals surface area contributed by atoms with Crippen LogP contribution in [0.25, 0.3) is 0 Å². The van der Waals surface area contributed by atoms with Gasteiger partial charge in [0, 0.05) is 14.1 Å². The third-order valence-corrected chi connectivity index (χ3v) is 9.19. The molecule has 0 unspecified atom stereocenters. The largest absolute Gasteiger partial charge is 0.650 e. The Morgan fingerprint density at radius 3 is 2.00 bits per heavy atom. The van der Waals surface area contributed by atoms with E-state index in [-0.39, 0.29) is 12.1 Å². The van der Waals surface area contributed by atoms with Crippen LogP contribution in [0.4, 0.5) is 0 Å². The first-order chi connectivity index (χ1) is 7.76. The minimum absolute atomic E-state index is 0.154. The van der Waals surface area contributed by atoms with Crippen molar-refractivity contribution >= 4 is 17.9 Å². The van der Waals surface area contributed by atoms with Gasteiger partial charge < -0.3 is 4.89 Å². The summed E-state index contributed by atoms with van der Waals surface area (Å²) < 4.78 is 34.4. The molecule has 17 heavy (non-hydrogen) atoms. The maximum Gasteiger partial charge on any atom is 0.303 e. The molecule has 1 aliphatic carbocycles. The molecule has 0 spiro atoms. The lowest BCUT2D eigenvalue weighted by Crippen LogP contribution is -2.37. The van der Waals surface area contributed by atoms with E-state index in [1.165, 1.54) is 0 Å². The third-order valence-electron chi connectivity index (χ3n) is 3.97. The number of likely N-dealkylation sites (N-methyl/N-ethyl adjacent to an activating group) is 2. The van der Waals surface area contributed by atoms with Crippen LogP contribution in [-0.2, 0) is 10.1 Å². The average Bonchev–Trinajstić information content (AvgIpc) is 2.40. The summed E-state index contributed by atoms with van der Waals surface area (Å²) >= 11 is 0. The van der Waals surface area contributed by atoms with Gasteiger partial charge in [0.25, 0.3) is 0 Å². The van der Waals surface area contributed by atoms with Crippen LogP contribution in [0.1, 0.15) is 25.7 Å². The van der Waals surface area contributed by atoms with Gasteiger partial charge in [-0.3, -0.25) is 4.55 Å². The molecule has 0 radical (unpaired) electrons. The SMILES string of the molecule is CN1[C@H]2CCCC[C@@H]2N(C)[P+]1([O-])CS(=O)(=O)O. The van der Waals surface area contributed by atoms with Crippen molar-refractivity contribution in [2.24, 2.45) is 0 Å². The highest BCUT2D eigenvalue weighted by atomic mass is 32.2. The van der Waals surface area contributed by atoms with E-state index in [9.17, 15) is 13.3 Å². The fourth-order valence-corrected chi connectivity index (χ4v) is 8.11. The minimum Gasteiger partial charge on any atom is -0.650 e. The van der Waals surface area contributed by atoms with Crippen molar-refractivity contribution < 1.29 is 17.9 Å². The zero-order valence-corrected chi connectivity index (χ0v) is 11.8. The monoisotopic (exact) mass is 282 g/mol. The second-order valence-electron chi connectivity index (χ2n) is 4.94. The van der Waals surface area contributed by atoms with Crippen molar-refractivity contribution in [3.63, 3.8) is 0 Å². The summed E-state index contributed by atoms with van der Waals surface area (Å²) in [7, 11) is -3.96. The van der Waals surface area contributed by atoms with Gasteiger partial charge in [-0.25, -0.2) is 0 Å². The molecule has 2 fully saturated rings. The molecular formula is C9H19N2O4PS. The fourth-order valence-electron chi connectivity index (χ4n) is 3.04. The Bertz CT molecular complexity index is 384. The number of hydrogen-bond donors (Lipinski definition) is 1. The van der Waals surface area contributed by atoms with Crippen LogP contribution in [0.15, 0.2) is 0 Å². The summed E-state index contributed by atoms with van der Waals surface area (Å²) in [6.07, 6.45) is 4.07. The molecule has 2 aliphatic rings. The number of rotatable bonds is 2. The van der Waals surface area contributed by atoms with Gasteiger partial charge >= 0.3 is 10.1 Å². The molecule has 0 aromatic heterocycles. The molecule has 1 saturated heterocycles. The molecule has 0 amide bonds. The fraction of sp³-hybridized carbons (Fsp3) is 1.00. The molecule has 0 aromatic carbocycles. The number of hydrogen-bond acceptors (Lipinski definition) is 5. The smallest absolute Gasteiger partial charge is 0.303 e. The van der Waals surface area contributed by atoms with E-state index in [0.29, 0.717) is 0 Å². The average molecular weight is 282 g/mol. The summed E-state index contributed by atoms with van der Waals surface area (Å²) in [6.45, 7) is 0. The Labute approximate surface area is 103 Å². The Morgan fingerprint density at radius 1 is 1.24 bits per heavy atom. The molecular weight excluding hydrogens is 263 g/mol. The molecule has 1 saturated carbocycles. The lowest BCUT2D eigenvalue weighted by Gasteiger charge is -2.36. The molecule has 2 rings (SSSR count). The van der Waals surface area contributed by atoms with Crippen molar-refractivity contribution in [3.05, 3.63) is 0 Å². The molecule has 2 atom stereocenters. The highest BCUT2D eigenvalue weighted by Crippen LogP contribution is 2.65. The van der Waals surface area contributed by atoms with Crippen LogP contribution < -0.4 is 4.89 Å². The Hall–Kier alpha value is 0.220. The predicted octanol–water partition coefficient (Wildman–Crippen LogP) is 0.143. The van der Waals surface area contributed by atoms with Crippen molar-refractivity contribution in [2.45, 2.75) is 37.8 Å². The van der Waals surface area contributed by atoms with Crippen molar-refractivity contribution in [1.82, 2.24) is 9.34 Å². The van der Waals surface area contributed by atoms with Crippen LogP contribution in [0.5, 0.6) is 0 Å². The maximum atomic E-state index is 12.8. The first-order valence-electron chi connectivity index (χ1n) is 5.76. The Morgan fingerprint density at radius 2 is 1.65 bits per heavy atom. The highest BCUT2D eigenvalue weighted by Gasteiger charge is 2.56. The standard InChI is InChI=1S/C9H19N2O4PS/c1-10-8-5-3-4-6-9(8)11(2)16(10,12)7-17(13,14)15/h8-9H,3-7H2,1-2H3,(H,13,14,15)/t8-,9-/m0/s1. The molecule has 100 valence electrons. The lowest BCUT2D eigenvalue weighted by molar-refractivity contribution is -0.188. The second-order valence-corrected chi connectivity index (χ2v) is 9.73. The van der Waals surface area contributed by atoms with Crippen LogP contribution >= 0.6 is 7.79 Å².